The zero-order chi connectivity index (χ0) is 15.1. The minimum Gasteiger partial charge on any atom is -0.397 e. The van der Waals surface area contributed by atoms with Crippen LogP contribution in [0, 0.1) is 0 Å². The molecule has 108 valence electrons. The van der Waals surface area contributed by atoms with Crippen LogP contribution in [0.5, 0.6) is 0 Å². The van der Waals surface area contributed by atoms with Gasteiger partial charge in [-0.3, -0.25) is 4.79 Å². The highest BCUT2D eigenvalue weighted by Crippen LogP contribution is 2.04. The molecule has 1 amide bonds. The molecule has 1 fully saturated rings. The van der Waals surface area contributed by atoms with Crippen molar-refractivity contribution in [3.63, 3.8) is 0 Å². The first-order valence-electron chi connectivity index (χ1n) is 5.98. The molecule has 0 aromatic rings. The zero-order valence-corrected chi connectivity index (χ0v) is 12.4. The second-order valence-corrected chi connectivity index (χ2v) is 4.05. The van der Waals surface area contributed by atoms with Crippen molar-refractivity contribution in [2.75, 3.05) is 20.2 Å². The van der Waals surface area contributed by atoms with E-state index in [0.717, 1.165) is 19.4 Å². The molecule has 18 heavy (non-hydrogen) atoms. The molecular weight excluding hydrogens is 234 g/mol. The Bertz CT molecular complexity index is 219. The first-order chi connectivity index (χ1) is 8.18. The summed E-state index contributed by atoms with van der Waals surface area (Å²) in [6.45, 7) is 9.00. The van der Waals surface area contributed by atoms with Crippen molar-refractivity contribution in [2.24, 2.45) is 0 Å². The van der Waals surface area contributed by atoms with Crippen molar-refractivity contribution in [1.29, 1.82) is 0 Å². The number of hydrogen-bond donors (Lipinski definition) is 1. The smallest absolute Gasteiger partial charge is 0.222 e. The van der Waals surface area contributed by atoms with E-state index in [1.54, 1.807) is 11.8 Å². The average Bonchev–Trinajstić information content (AvgIpc) is 2.50. The van der Waals surface area contributed by atoms with Gasteiger partial charge in [-0.15, -0.1) is 0 Å². The van der Waals surface area contributed by atoms with Crippen LogP contribution >= 0.6 is 0 Å². The molecule has 1 saturated heterocycles. The topological polar surface area (TPSA) is 74.7 Å². The standard InChI is InChI=1S/C5H9NO.2C3H6O.C2H6O/c1-6-4-2-3-5(6)7;2*1-3(2)4;1-2-3/h2-4H2,1H3;2*1-2H3;3H,2H2,1H3. The van der Waals surface area contributed by atoms with E-state index in [4.69, 9.17) is 5.11 Å². The van der Waals surface area contributed by atoms with Gasteiger partial charge in [0.15, 0.2) is 0 Å². The van der Waals surface area contributed by atoms with Gasteiger partial charge < -0.3 is 19.6 Å². The van der Waals surface area contributed by atoms with Gasteiger partial charge in [0.2, 0.25) is 5.91 Å². The number of aliphatic hydroxyl groups excluding tert-OH is 1. The van der Waals surface area contributed by atoms with Crippen LogP contribution in [-0.2, 0) is 14.4 Å². The average molecular weight is 261 g/mol. The van der Waals surface area contributed by atoms with Crippen molar-refractivity contribution >= 4 is 17.5 Å². The lowest BCUT2D eigenvalue weighted by atomic mass is 10.4. The van der Waals surface area contributed by atoms with E-state index in [-0.39, 0.29) is 18.2 Å². The number of carbonyl (C=O) groups excluding carboxylic acids is 3. The van der Waals surface area contributed by atoms with Gasteiger partial charge in [0, 0.05) is 26.6 Å². The Morgan fingerprint density at radius 3 is 1.50 bits per heavy atom. The van der Waals surface area contributed by atoms with Crippen LogP contribution in [0.3, 0.4) is 0 Å². The SMILES string of the molecule is CC(C)=O.CC(C)=O.CCO.CN1CCCC1=O. The van der Waals surface area contributed by atoms with Crippen LogP contribution in [0.15, 0.2) is 0 Å². The molecular formula is C13H27NO4. The summed E-state index contributed by atoms with van der Waals surface area (Å²) in [4.78, 5) is 31.2. The van der Waals surface area contributed by atoms with Crippen LogP contribution in [0.4, 0.5) is 0 Å². The fraction of sp³-hybridized carbons (Fsp3) is 0.769. The maximum atomic E-state index is 10.5. The number of aliphatic hydroxyl groups is 1. The lowest BCUT2D eigenvalue weighted by Crippen LogP contribution is -2.17. The summed E-state index contributed by atoms with van der Waals surface area (Å²) < 4.78 is 0. The molecule has 0 radical (unpaired) electrons. The molecule has 0 aromatic carbocycles. The first-order valence-corrected chi connectivity index (χ1v) is 5.98. The van der Waals surface area contributed by atoms with E-state index in [1.807, 2.05) is 7.05 Å². The summed E-state index contributed by atoms with van der Waals surface area (Å²) in [5.74, 6) is 0.625. The number of rotatable bonds is 0. The van der Waals surface area contributed by atoms with Crippen molar-refractivity contribution in [3.05, 3.63) is 0 Å². The van der Waals surface area contributed by atoms with Gasteiger partial charge in [-0.25, -0.2) is 0 Å². The molecule has 5 nitrogen and oxygen atoms in total. The number of amides is 1. The van der Waals surface area contributed by atoms with Crippen LogP contribution in [0.1, 0.15) is 47.5 Å². The van der Waals surface area contributed by atoms with Crippen molar-refractivity contribution < 1.29 is 19.5 Å². The lowest BCUT2D eigenvalue weighted by molar-refractivity contribution is -0.126. The summed E-state index contributed by atoms with van der Waals surface area (Å²) in [5, 5.41) is 7.57. The molecule has 5 heteroatoms. The van der Waals surface area contributed by atoms with Crippen LogP contribution in [0.25, 0.3) is 0 Å². The number of likely N-dealkylation sites (tertiary alicyclic amines) is 1. The highest BCUT2D eigenvalue weighted by molar-refractivity contribution is 5.77. The van der Waals surface area contributed by atoms with Gasteiger partial charge >= 0.3 is 0 Å². The Morgan fingerprint density at radius 1 is 1.17 bits per heavy atom. The fourth-order valence-electron chi connectivity index (χ4n) is 0.783. The van der Waals surface area contributed by atoms with Crippen molar-refractivity contribution in [2.45, 2.75) is 47.5 Å². The fourth-order valence-corrected chi connectivity index (χ4v) is 0.783. The first kappa shape index (κ1) is 22.0. The van der Waals surface area contributed by atoms with Crippen LogP contribution in [-0.4, -0.2) is 47.7 Å². The second kappa shape index (κ2) is 15.8. The normalized spacial score (nSPS) is 12.2. The predicted molar refractivity (Wildman–Crippen MR) is 72.3 cm³/mol. The number of Topliss-reactive ketones (excluding diaryl/α,β-unsaturated/α-hetero) is 2. The second-order valence-electron chi connectivity index (χ2n) is 4.05. The van der Waals surface area contributed by atoms with E-state index < -0.39 is 0 Å². The van der Waals surface area contributed by atoms with E-state index in [9.17, 15) is 14.4 Å². The zero-order valence-electron chi connectivity index (χ0n) is 12.4. The minimum atomic E-state index is 0.167. The predicted octanol–water partition coefficient (Wildman–Crippen LogP) is 1.43. The molecule has 1 N–H and O–H groups in total. The summed E-state index contributed by atoms with van der Waals surface area (Å²) in [6.07, 6.45) is 1.81. The molecule has 0 aromatic heterocycles. The summed E-state index contributed by atoms with van der Waals surface area (Å²) in [6, 6.07) is 0. The molecule has 1 heterocycles. The molecule has 0 aliphatic carbocycles. The number of carbonyl (C=O) groups is 3. The number of hydrogen-bond acceptors (Lipinski definition) is 4. The third-order valence-corrected chi connectivity index (χ3v) is 1.31. The third kappa shape index (κ3) is 36.4. The molecule has 0 unspecified atom stereocenters. The van der Waals surface area contributed by atoms with Crippen molar-refractivity contribution in [1.82, 2.24) is 4.90 Å². The summed E-state index contributed by atoms with van der Waals surface area (Å²) in [7, 11) is 1.84. The molecule has 0 saturated carbocycles. The molecule has 0 spiro atoms. The number of nitrogens with zero attached hydrogens (tertiary/aromatic N) is 1. The van der Waals surface area contributed by atoms with Gasteiger partial charge in [0.05, 0.1) is 0 Å². The molecule has 1 rings (SSSR count). The Labute approximate surface area is 110 Å². The maximum absolute atomic E-state index is 10.5. The highest BCUT2D eigenvalue weighted by Gasteiger charge is 2.14. The van der Waals surface area contributed by atoms with E-state index >= 15 is 0 Å². The summed E-state index contributed by atoms with van der Waals surface area (Å²) in [5.41, 5.74) is 0. The van der Waals surface area contributed by atoms with E-state index in [1.165, 1.54) is 27.7 Å². The Kier molecular flexibility index (Phi) is 19.3. The minimum absolute atomic E-state index is 0.167. The Hall–Kier alpha value is -1.23. The van der Waals surface area contributed by atoms with Gasteiger partial charge in [-0.2, -0.15) is 0 Å². The molecule has 1 aliphatic heterocycles. The molecule has 0 bridgehead atoms. The van der Waals surface area contributed by atoms with Crippen LogP contribution in [0.2, 0.25) is 0 Å². The largest absolute Gasteiger partial charge is 0.397 e. The van der Waals surface area contributed by atoms with Crippen molar-refractivity contribution in [3.8, 4) is 0 Å². The monoisotopic (exact) mass is 261 g/mol. The maximum Gasteiger partial charge on any atom is 0.222 e. The van der Waals surface area contributed by atoms with Gasteiger partial charge in [-0.1, -0.05) is 0 Å². The van der Waals surface area contributed by atoms with Crippen LogP contribution < -0.4 is 0 Å². The molecule has 1 aliphatic rings. The van der Waals surface area contributed by atoms with Gasteiger partial charge in [0.1, 0.15) is 11.6 Å². The third-order valence-electron chi connectivity index (χ3n) is 1.31. The lowest BCUT2D eigenvalue weighted by Gasteiger charge is -2.03. The van der Waals surface area contributed by atoms with E-state index in [2.05, 4.69) is 0 Å². The highest BCUT2D eigenvalue weighted by atomic mass is 16.2. The van der Waals surface area contributed by atoms with Gasteiger partial charge in [-0.05, 0) is 41.0 Å². The number of ketones is 2. The molecule has 0 atom stereocenters. The summed E-state index contributed by atoms with van der Waals surface area (Å²) >= 11 is 0. The van der Waals surface area contributed by atoms with E-state index in [0.29, 0.717) is 5.91 Å². The quantitative estimate of drug-likeness (QED) is 0.715. The van der Waals surface area contributed by atoms with Gasteiger partial charge in [0.25, 0.3) is 0 Å². The Balaban J connectivity index is -0.000000180. The Morgan fingerprint density at radius 2 is 1.44 bits per heavy atom.